The van der Waals surface area contributed by atoms with E-state index in [0.29, 0.717) is 6.54 Å². The van der Waals surface area contributed by atoms with E-state index in [-0.39, 0.29) is 29.7 Å². The molecule has 1 amide bonds. The van der Waals surface area contributed by atoms with Crippen LogP contribution in [0.25, 0.3) is 0 Å². The van der Waals surface area contributed by atoms with Crippen molar-refractivity contribution in [3.05, 3.63) is 0 Å². The van der Waals surface area contributed by atoms with Crippen LogP contribution in [0.3, 0.4) is 0 Å². The van der Waals surface area contributed by atoms with E-state index in [1.807, 2.05) is 0 Å². The van der Waals surface area contributed by atoms with Crippen LogP contribution in [0, 0.1) is 17.8 Å². The summed E-state index contributed by atoms with van der Waals surface area (Å²) in [4.78, 5) is 23.4. The van der Waals surface area contributed by atoms with Gasteiger partial charge in [0.1, 0.15) is 0 Å². The van der Waals surface area contributed by atoms with Gasteiger partial charge in [-0.15, -0.1) is 0 Å². The lowest BCUT2D eigenvalue weighted by Gasteiger charge is -2.31. The number of nitrogens with two attached hydrogens (primary N) is 1. The normalized spacial score (nSPS) is 34.5. The fourth-order valence-corrected chi connectivity index (χ4v) is 3.62. The molecule has 5 nitrogen and oxygen atoms in total. The molecule has 0 spiro atoms. The average molecular weight is 282 g/mol. The quantitative estimate of drug-likeness (QED) is 0.728. The second-order valence-electron chi connectivity index (χ2n) is 6.29. The highest BCUT2D eigenvalue weighted by molar-refractivity contribution is 5.79. The fraction of sp³-hybridized carbons (Fsp3) is 0.867. The zero-order chi connectivity index (χ0) is 14.5. The van der Waals surface area contributed by atoms with E-state index in [1.165, 1.54) is 0 Å². The molecular formula is C15H26N2O3. The summed E-state index contributed by atoms with van der Waals surface area (Å²) >= 11 is 0. The van der Waals surface area contributed by atoms with Crippen molar-refractivity contribution in [3.8, 4) is 0 Å². The fourth-order valence-electron chi connectivity index (χ4n) is 3.62. The van der Waals surface area contributed by atoms with Gasteiger partial charge in [-0.3, -0.25) is 9.59 Å². The molecule has 0 aromatic heterocycles. The van der Waals surface area contributed by atoms with Crippen molar-refractivity contribution in [1.29, 1.82) is 0 Å². The Labute approximate surface area is 120 Å². The van der Waals surface area contributed by atoms with Gasteiger partial charge < -0.3 is 16.2 Å². The van der Waals surface area contributed by atoms with Crippen LogP contribution in [-0.2, 0) is 9.59 Å². The van der Waals surface area contributed by atoms with Crippen molar-refractivity contribution in [2.24, 2.45) is 23.5 Å². The summed E-state index contributed by atoms with van der Waals surface area (Å²) < 4.78 is 0. The lowest BCUT2D eigenvalue weighted by molar-refractivity contribution is -0.145. The lowest BCUT2D eigenvalue weighted by Crippen LogP contribution is -2.46. The Bertz CT molecular complexity index is 359. The van der Waals surface area contributed by atoms with Gasteiger partial charge in [-0.25, -0.2) is 0 Å². The Morgan fingerprint density at radius 1 is 1.00 bits per heavy atom. The highest BCUT2D eigenvalue weighted by Crippen LogP contribution is 2.30. The zero-order valence-electron chi connectivity index (χ0n) is 12.0. The molecule has 0 radical (unpaired) electrons. The Kier molecular flexibility index (Phi) is 5.40. The largest absolute Gasteiger partial charge is 0.481 e. The summed E-state index contributed by atoms with van der Waals surface area (Å²) in [5, 5.41) is 12.2. The molecule has 2 aliphatic carbocycles. The Balaban J connectivity index is 1.83. The van der Waals surface area contributed by atoms with Gasteiger partial charge >= 0.3 is 5.97 Å². The Morgan fingerprint density at radius 3 is 2.25 bits per heavy atom. The molecule has 2 saturated carbocycles. The third-order valence-corrected chi connectivity index (χ3v) is 4.92. The topological polar surface area (TPSA) is 92.4 Å². The van der Waals surface area contributed by atoms with Gasteiger partial charge in [-0.1, -0.05) is 25.7 Å². The minimum Gasteiger partial charge on any atom is -0.481 e. The van der Waals surface area contributed by atoms with Crippen molar-refractivity contribution in [3.63, 3.8) is 0 Å². The zero-order valence-corrected chi connectivity index (χ0v) is 12.0. The molecule has 0 aromatic carbocycles. The number of carbonyl (C=O) groups excluding carboxylic acids is 1. The molecule has 4 N–H and O–H groups in total. The van der Waals surface area contributed by atoms with Crippen LogP contribution >= 0.6 is 0 Å². The third kappa shape index (κ3) is 3.72. The summed E-state index contributed by atoms with van der Waals surface area (Å²) in [6.07, 6.45) is 7.62. The van der Waals surface area contributed by atoms with Crippen LogP contribution in [0.15, 0.2) is 0 Å². The van der Waals surface area contributed by atoms with Crippen LogP contribution in [0.2, 0.25) is 0 Å². The Hall–Kier alpha value is -1.10. The molecule has 0 heterocycles. The molecule has 2 rings (SSSR count). The standard InChI is InChI=1S/C15H26N2O3/c16-13-8-4-3-7-12(13)14(18)17-9-10-5-1-2-6-11(10)15(19)20/h10-13H,1-9,16H2,(H,17,18)(H,19,20). The van der Waals surface area contributed by atoms with Gasteiger partial charge in [0.2, 0.25) is 5.91 Å². The van der Waals surface area contributed by atoms with Crippen LogP contribution in [0.1, 0.15) is 51.4 Å². The Morgan fingerprint density at radius 2 is 1.60 bits per heavy atom. The minimum absolute atomic E-state index is 0.0203. The van der Waals surface area contributed by atoms with Crippen LogP contribution < -0.4 is 11.1 Å². The van der Waals surface area contributed by atoms with E-state index in [9.17, 15) is 14.7 Å². The number of nitrogens with one attached hydrogen (secondary N) is 1. The maximum absolute atomic E-state index is 12.2. The predicted octanol–water partition coefficient (Wildman–Crippen LogP) is 1.51. The summed E-state index contributed by atoms with van der Waals surface area (Å²) in [6.45, 7) is 0.485. The van der Waals surface area contributed by atoms with Gasteiger partial charge in [0.25, 0.3) is 0 Å². The van der Waals surface area contributed by atoms with E-state index < -0.39 is 5.97 Å². The average Bonchev–Trinajstić information content (AvgIpc) is 2.45. The van der Waals surface area contributed by atoms with Crippen LogP contribution in [0.4, 0.5) is 0 Å². The number of hydrogen-bond donors (Lipinski definition) is 3. The summed E-state index contributed by atoms with van der Waals surface area (Å²) in [6, 6.07) is -0.0367. The molecular weight excluding hydrogens is 256 g/mol. The maximum Gasteiger partial charge on any atom is 0.306 e. The van der Waals surface area contributed by atoms with E-state index >= 15 is 0 Å². The van der Waals surface area contributed by atoms with Crippen molar-refractivity contribution in [2.75, 3.05) is 6.54 Å². The van der Waals surface area contributed by atoms with Crippen molar-refractivity contribution < 1.29 is 14.7 Å². The van der Waals surface area contributed by atoms with Crippen molar-refractivity contribution in [2.45, 2.75) is 57.4 Å². The number of hydrogen-bond acceptors (Lipinski definition) is 3. The molecule has 0 aliphatic heterocycles. The number of amides is 1. The minimum atomic E-state index is -0.724. The SMILES string of the molecule is NC1CCCCC1C(=O)NCC1CCCCC1C(=O)O. The highest BCUT2D eigenvalue weighted by atomic mass is 16.4. The van der Waals surface area contributed by atoms with Gasteiger partial charge in [-0.05, 0) is 31.6 Å². The monoisotopic (exact) mass is 282 g/mol. The molecule has 114 valence electrons. The molecule has 20 heavy (non-hydrogen) atoms. The lowest BCUT2D eigenvalue weighted by atomic mass is 9.79. The first-order valence-corrected chi connectivity index (χ1v) is 7.85. The van der Waals surface area contributed by atoms with Crippen LogP contribution in [-0.4, -0.2) is 29.6 Å². The van der Waals surface area contributed by atoms with E-state index in [1.54, 1.807) is 0 Å². The van der Waals surface area contributed by atoms with Crippen LogP contribution in [0.5, 0.6) is 0 Å². The molecule has 2 aliphatic rings. The summed E-state index contributed by atoms with van der Waals surface area (Å²) in [7, 11) is 0. The van der Waals surface area contributed by atoms with E-state index in [0.717, 1.165) is 51.4 Å². The molecule has 0 aromatic rings. The summed E-state index contributed by atoms with van der Waals surface area (Å²) in [5.74, 6) is -1.02. The number of rotatable bonds is 4. The van der Waals surface area contributed by atoms with Gasteiger partial charge in [0.05, 0.1) is 11.8 Å². The van der Waals surface area contributed by atoms with Crippen molar-refractivity contribution in [1.82, 2.24) is 5.32 Å². The highest BCUT2D eigenvalue weighted by Gasteiger charge is 2.32. The second kappa shape index (κ2) is 7.07. The number of aliphatic carboxylic acids is 1. The van der Waals surface area contributed by atoms with E-state index in [4.69, 9.17) is 5.73 Å². The molecule has 5 heteroatoms. The van der Waals surface area contributed by atoms with Gasteiger partial charge in [-0.2, -0.15) is 0 Å². The molecule has 4 atom stereocenters. The first-order valence-electron chi connectivity index (χ1n) is 7.85. The van der Waals surface area contributed by atoms with Gasteiger partial charge in [0, 0.05) is 12.6 Å². The molecule has 0 bridgehead atoms. The smallest absolute Gasteiger partial charge is 0.306 e. The first kappa shape index (κ1) is 15.3. The van der Waals surface area contributed by atoms with E-state index in [2.05, 4.69) is 5.32 Å². The summed E-state index contributed by atoms with van der Waals surface area (Å²) in [5.41, 5.74) is 6.01. The van der Waals surface area contributed by atoms with Gasteiger partial charge in [0.15, 0.2) is 0 Å². The molecule has 2 fully saturated rings. The second-order valence-corrected chi connectivity index (χ2v) is 6.29. The predicted molar refractivity (Wildman–Crippen MR) is 76.0 cm³/mol. The number of carboxylic acids is 1. The number of carbonyl (C=O) groups is 2. The first-order chi connectivity index (χ1) is 9.59. The molecule has 0 saturated heterocycles. The number of carboxylic acid groups (broad SMARTS) is 1. The third-order valence-electron chi connectivity index (χ3n) is 4.92. The maximum atomic E-state index is 12.2. The van der Waals surface area contributed by atoms with Crippen molar-refractivity contribution >= 4 is 11.9 Å². The molecule has 4 unspecified atom stereocenters.